The van der Waals surface area contributed by atoms with E-state index in [1.807, 2.05) is 13.8 Å². The van der Waals surface area contributed by atoms with Crippen LogP contribution >= 0.6 is 0 Å². The molecule has 0 aliphatic carbocycles. The van der Waals surface area contributed by atoms with E-state index in [0.717, 1.165) is 6.42 Å². The Balaban J connectivity index is 2.65. The Hall–Kier alpha value is -1.58. The summed E-state index contributed by atoms with van der Waals surface area (Å²) in [6.45, 7) is 3.94. The number of aromatic nitrogens is 1. The fourth-order valence-corrected chi connectivity index (χ4v) is 0.973. The number of nitrogens with zero attached hydrogens (tertiary/aromatic N) is 1. The van der Waals surface area contributed by atoms with Crippen LogP contribution in [-0.4, -0.2) is 11.9 Å². The molecule has 76 valence electrons. The van der Waals surface area contributed by atoms with Crippen molar-refractivity contribution in [1.29, 1.82) is 0 Å². The molecule has 1 rings (SSSR count). The second-order valence-corrected chi connectivity index (χ2v) is 3.23. The van der Waals surface area contributed by atoms with Gasteiger partial charge in [0.15, 0.2) is 12.4 Å². The number of hydrogen-bond acceptors (Lipinski definition) is 2. The smallest absolute Gasteiger partial charge is 0.251 e. The first-order valence-corrected chi connectivity index (χ1v) is 4.63. The molecule has 0 aliphatic rings. The van der Waals surface area contributed by atoms with Crippen LogP contribution in [0.25, 0.3) is 0 Å². The Morgan fingerprint density at radius 1 is 1.57 bits per heavy atom. The minimum absolute atomic E-state index is 0.139. The van der Waals surface area contributed by atoms with Gasteiger partial charge in [0.1, 0.15) is 0 Å². The molecule has 0 radical (unpaired) electrons. The van der Waals surface area contributed by atoms with Gasteiger partial charge in [-0.3, -0.25) is 4.79 Å². The molecule has 14 heavy (non-hydrogen) atoms. The number of rotatable bonds is 3. The van der Waals surface area contributed by atoms with Crippen LogP contribution < -0.4 is 10.0 Å². The molecule has 0 bridgehead atoms. The first kappa shape index (κ1) is 10.5. The highest BCUT2D eigenvalue weighted by Crippen LogP contribution is 1.97. The average Bonchev–Trinajstić information content (AvgIpc) is 2.18. The van der Waals surface area contributed by atoms with E-state index in [9.17, 15) is 10.0 Å². The van der Waals surface area contributed by atoms with Gasteiger partial charge >= 0.3 is 0 Å². The molecule has 4 nitrogen and oxygen atoms in total. The lowest BCUT2D eigenvalue weighted by molar-refractivity contribution is -0.605. The SMILES string of the molecule is CCC(C)NC(=O)c1cc[n+]([O-])cc1. The molecule has 1 atom stereocenters. The first-order chi connectivity index (χ1) is 6.63. The maximum Gasteiger partial charge on any atom is 0.251 e. The summed E-state index contributed by atoms with van der Waals surface area (Å²) in [5.74, 6) is -0.139. The molecule has 1 amide bonds. The highest BCUT2D eigenvalue weighted by atomic mass is 16.5. The van der Waals surface area contributed by atoms with Gasteiger partial charge in [0.2, 0.25) is 0 Å². The minimum atomic E-state index is -0.139. The molecule has 1 N–H and O–H groups in total. The summed E-state index contributed by atoms with van der Waals surface area (Å²) < 4.78 is 0.653. The Morgan fingerprint density at radius 3 is 2.64 bits per heavy atom. The summed E-state index contributed by atoms with van der Waals surface area (Å²) in [4.78, 5) is 11.5. The van der Waals surface area contributed by atoms with Crippen LogP contribution in [0.3, 0.4) is 0 Å². The molecule has 1 aromatic rings. The van der Waals surface area contributed by atoms with Gasteiger partial charge in [-0.05, 0) is 13.3 Å². The van der Waals surface area contributed by atoms with Crippen molar-refractivity contribution >= 4 is 5.91 Å². The minimum Gasteiger partial charge on any atom is -0.619 e. The molecule has 1 unspecified atom stereocenters. The van der Waals surface area contributed by atoms with Gasteiger partial charge in [0.05, 0.1) is 5.56 Å². The van der Waals surface area contributed by atoms with E-state index in [1.165, 1.54) is 24.5 Å². The number of pyridine rings is 1. The third-order valence-electron chi connectivity index (χ3n) is 2.05. The van der Waals surface area contributed by atoms with Crippen molar-refractivity contribution in [1.82, 2.24) is 5.32 Å². The fraction of sp³-hybridized carbons (Fsp3) is 0.400. The van der Waals surface area contributed by atoms with Gasteiger partial charge in [-0.25, -0.2) is 0 Å². The molecule has 0 aliphatic heterocycles. The molecule has 0 saturated heterocycles. The maximum absolute atomic E-state index is 11.5. The number of amides is 1. The Morgan fingerprint density at radius 2 is 2.14 bits per heavy atom. The van der Waals surface area contributed by atoms with Crippen LogP contribution in [0.15, 0.2) is 24.5 Å². The Kier molecular flexibility index (Phi) is 3.45. The van der Waals surface area contributed by atoms with Gasteiger partial charge in [-0.1, -0.05) is 6.92 Å². The summed E-state index contributed by atoms with van der Waals surface area (Å²) in [5.41, 5.74) is 0.511. The third-order valence-corrected chi connectivity index (χ3v) is 2.05. The quantitative estimate of drug-likeness (QED) is 0.573. The van der Waals surface area contributed by atoms with Gasteiger partial charge in [0.25, 0.3) is 5.91 Å². The lowest BCUT2D eigenvalue weighted by Crippen LogP contribution is -2.33. The summed E-state index contributed by atoms with van der Waals surface area (Å²) in [5, 5.41) is 13.5. The van der Waals surface area contributed by atoms with Crippen LogP contribution in [0, 0.1) is 5.21 Å². The van der Waals surface area contributed by atoms with E-state index in [-0.39, 0.29) is 11.9 Å². The summed E-state index contributed by atoms with van der Waals surface area (Å²) >= 11 is 0. The zero-order valence-electron chi connectivity index (χ0n) is 8.36. The predicted octanol–water partition coefficient (Wildman–Crippen LogP) is 0.848. The number of hydrogen-bond donors (Lipinski definition) is 1. The molecule has 0 aromatic carbocycles. The molecular formula is C10H14N2O2. The molecule has 0 saturated carbocycles. The zero-order chi connectivity index (χ0) is 10.6. The van der Waals surface area contributed by atoms with Crippen molar-refractivity contribution in [2.45, 2.75) is 26.3 Å². The normalized spacial score (nSPS) is 12.1. The van der Waals surface area contributed by atoms with Crippen molar-refractivity contribution in [3.8, 4) is 0 Å². The fourth-order valence-electron chi connectivity index (χ4n) is 0.973. The molecular weight excluding hydrogens is 180 g/mol. The van der Waals surface area contributed by atoms with Crippen LogP contribution in [-0.2, 0) is 0 Å². The highest BCUT2D eigenvalue weighted by molar-refractivity contribution is 5.94. The number of carbonyl (C=O) groups is 1. The topological polar surface area (TPSA) is 56.0 Å². The van der Waals surface area contributed by atoms with E-state index < -0.39 is 0 Å². The second kappa shape index (κ2) is 4.60. The largest absolute Gasteiger partial charge is 0.619 e. The van der Waals surface area contributed by atoms with E-state index in [0.29, 0.717) is 10.3 Å². The van der Waals surface area contributed by atoms with E-state index >= 15 is 0 Å². The number of nitrogens with one attached hydrogen (secondary N) is 1. The monoisotopic (exact) mass is 194 g/mol. The number of carbonyl (C=O) groups excluding carboxylic acids is 1. The van der Waals surface area contributed by atoms with Crippen molar-refractivity contribution in [3.63, 3.8) is 0 Å². The van der Waals surface area contributed by atoms with Crippen molar-refractivity contribution in [2.75, 3.05) is 0 Å². The van der Waals surface area contributed by atoms with E-state index in [4.69, 9.17) is 0 Å². The van der Waals surface area contributed by atoms with Gasteiger partial charge in [0, 0.05) is 18.2 Å². The summed E-state index contributed by atoms with van der Waals surface area (Å²) in [6.07, 6.45) is 3.51. The third kappa shape index (κ3) is 2.73. The van der Waals surface area contributed by atoms with Crippen LogP contribution in [0.1, 0.15) is 30.6 Å². The van der Waals surface area contributed by atoms with Crippen LogP contribution in [0.4, 0.5) is 0 Å². The average molecular weight is 194 g/mol. The maximum atomic E-state index is 11.5. The van der Waals surface area contributed by atoms with Gasteiger partial charge in [-0.2, -0.15) is 4.73 Å². The predicted molar refractivity (Wildman–Crippen MR) is 52.6 cm³/mol. The van der Waals surface area contributed by atoms with Crippen LogP contribution in [0.2, 0.25) is 0 Å². The Bertz CT molecular complexity index is 308. The lowest BCUT2D eigenvalue weighted by Gasteiger charge is -2.10. The van der Waals surface area contributed by atoms with Crippen molar-refractivity contribution in [3.05, 3.63) is 35.3 Å². The Labute approximate surface area is 83.1 Å². The molecule has 0 spiro atoms. The molecule has 0 fully saturated rings. The van der Waals surface area contributed by atoms with Crippen LogP contribution in [0.5, 0.6) is 0 Å². The van der Waals surface area contributed by atoms with E-state index in [1.54, 1.807) is 0 Å². The van der Waals surface area contributed by atoms with Crippen molar-refractivity contribution in [2.24, 2.45) is 0 Å². The summed E-state index contributed by atoms with van der Waals surface area (Å²) in [6, 6.07) is 3.16. The first-order valence-electron chi connectivity index (χ1n) is 4.63. The standard InChI is InChI=1S/C10H14N2O2/c1-3-8(2)11-10(13)9-4-6-12(14)7-5-9/h4-8H,3H2,1-2H3,(H,11,13). The van der Waals surface area contributed by atoms with Crippen molar-refractivity contribution < 1.29 is 9.52 Å². The van der Waals surface area contributed by atoms with Gasteiger partial charge in [-0.15, -0.1) is 0 Å². The second-order valence-electron chi connectivity index (χ2n) is 3.23. The molecule has 1 heterocycles. The zero-order valence-corrected chi connectivity index (χ0v) is 8.36. The molecule has 4 heteroatoms. The highest BCUT2D eigenvalue weighted by Gasteiger charge is 2.08. The lowest BCUT2D eigenvalue weighted by atomic mass is 10.2. The summed E-state index contributed by atoms with van der Waals surface area (Å²) in [7, 11) is 0. The van der Waals surface area contributed by atoms with Gasteiger partial charge < -0.3 is 10.5 Å². The molecule has 1 aromatic heterocycles. The van der Waals surface area contributed by atoms with E-state index in [2.05, 4.69) is 5.32 Å².